The van der Waals surface area contributed by atoms with Gasteiger partial charge in [-0.05, 0) is 29.8 Å². The van der Waals surface area contributed by atoms with E-state index in [-0.39, 0.29) is 0 Å². The summed E-state index contributed by atoms with van der Waals surface area (Å²) in [5.41, 5.74) is 0.992. The van der Waals surface area contributed by atoms with Gasteiger partial charge in [0, 0.05) is 4.47 Å². The maximum absolute atomic E-state index is 5.07. The zero-order valence-electron chi connectivity index (χ0n) is 8.38. The molecule has 4 heteroatoms. The van der Waals surface area contributed by atoms with Gasteiger partial charge in [0.05, 0.1) is 18.7 Å². The normalized spacial score (nSPS) is 11.6. The minimum absolute atomic E-state index is 0.686. The number of nitrogens with zero attached hydrogens (tertiary/aromatic N) is 2. The molecule has 0 unspecified atom stereocenters. The lowest BCUT2D eigenvalue weighted by Gasteiger charge is -1.91. The van der Waals surface area contributed by atoms with Gasteiger partial charge in [-0.1, -0.05) is 28.1 Å². The molecule has 1 aromatic heterocycles. The minimum atomic E-state index is 0.686. The number of benzene rings is 1. The number of furan rings is 1. The molecule has 1 aromatic carbocycles. The number of hydrogen-bond acceptors (Lipinski definition) is 3. The Morgan fingerprint density at radius 2 is 1.94 bits per heavy atom. The van der Waals surface area contributed by atoms with Crippen molar-refractivity contribution in [2.45, 2.75) is 0 Å². The van der Waals surface area contributed by atoms with E-state index in [2.05, 4.69) is 26.1 Å². The molecule has 2 rings (SSSR count). The van der Waals surface area contributed by atoms with Crippen LogP contribution in [0.2, 0.25) is 0 Å². The number of halogens is 1. The minimum Gasteiger partial charge on any atom is -0.463 e. The van der Waals surface area contributed by atoms with E-state index in [0.29, 0.717) is 5.76 Å². The summed E-state index contributed by atoms with van der Waals surface area (Å²) < 4.78 is 6.09. The van der Waals surface area contributed by atoms with Crippen molar-refractivity contribution < 1.29 is 4.42 Å². The molecule has 0 spiro atoms. The first-order valence-corrected chi connectivity index (χ1v) is 5.49. The lowest BCUT2D eigenvalue weighted by Crippen LogP contribution is -1.79. The Balaban J connectivity index is 2.00. The van der Waals surface area contributed by atoms with Crippen LogP contribution in [-0.4, -0.2) is 12.4 Å². The first kappa shape index (κ1) is 10.8. The van der Waals surface area contributed by atoms with E-state index in [1.807, 2.05) is 30.3 Å². The van der Waals surface area contributed by atoms with Crippen molar-refractivity contribution in [1.29, 1.82) is 0 Å². The average molecular weight is 277 g/mol. The Labute approximate surface area is 102 Å². The standard InChI is InChI=1S/C12H9BrN2O/c13-11-4-1-3-10(7-11)8-14-15-9-12-5-2-6-16-12/h1-9H. The number of hydrogen-bond donors (Lipinski definition) is 0. The molecule has 80 valence electrons. The first-order valence-electron chi connectivity index (χ1n) is 4.70. The lowest BCUT2D eigenvalue weighted by atomic mass is 10.2. The van der Waals surface area contributed by atoms with Gasteiger partial charge < -0.3 is 4.42 Å². The van der Waals surface area contributed by atoms with Gasteiger partial charge in [-0.3, -0.25) is 0 Å². The van der Waals surface area contributed by atoms with Crippen molar-refractivity contribution in [3.8, 4) is 0 Å². The van der Waals surface area contributed by atoms with Gasteiger partial charge >= 0.3 is 0 Å². The highest BCUT2D eigenvalue weighted by molar-refractivity contribution is 9.10. The third-order valence-corrected chi connectivity index (χ3v) is 2.34. The van der Waals surface area contributed by atoms with Gasteiger partial charge in [0.25, 0.3) is 0 Å². The lowest BCUT2D eigenvalue weighted by molar-refractivity contribution is 0.560. The highest BCUT2D eigenvalue weighted by Gasteiger charge is 1.89. The summed E-state index contributed by atoms with van der Waals surface area (Å²) in [5.74, 6) is 0.686. The van der Waals surface area contributed by atoms with E-state index in [0.717, 1.165) is 10.0 Å². The summed E-state index contributed by atoms with van der Waals surface area (Å²) in [5, 5.41) is 7.80. The van der Waals surface area contributed by atoms with Crippen LogP contribution in [0.25, 0.3) is 0 Å². The van der Waals surface area contributed by atoms with Crippen molar-refractivity contribution >= 4 is 28.4 Å². The van der Waals surface area contributed by atoms with E-state index < -0.39 is 0 Å². The molecule has 0 atom stereocenters. The molecule has 0 aliphatic carbocycles. The molecule has 0 amide bonds. The summed E-state index contributed by atoms with van der Waals surface area (Å²) in [6.07, 6.45) is 4.85. The third-order valence-electron chi connectivity index (χ3n) is 1.85. The van der Waals surface area contributed by atoms with Crippen LogP contribution in [0.1, 0.15) is 11.3 Å². The smallest absolute Gasteiger partial charge is 0.146 e. The van der Waals surface area contributed by atoms with Crippen molar-refractivity contribution in [2.75, 3.05) is 0 Å². The summed E-state index contributed by atoms with van der Waals surface area (Å²) in [6.45, 7) is 0. The van der Waals surface area contributed by atoms with Crippen LogP contribution in [0.15, 0.2) is 61.8 Å². The Bertz CT molecular complexity index is 503. The second-order valence-electron chi connectivity index (χ2n) is 3.06. The van der Waals surface area contributed by atoms with Crippen molar-refractivity contribution in [3.05, 3.63) is 58.5 Å². The predicted octanol–water partition coefficient (Wildman–Crippen LogP) is 3.50. The molecule has 0 bridgehead atoms. The third kappa shape index (κ3) is 3.17. The highest BCUT2D eigenvalue weighted by Crippen LogP contribution is 2.09. The second-order valence-corrected chi connectivity index (χ2v) is 3.98. The summed E-state index contributed by atoms with van der Waals surface area (Å²) >= 11 is 3.39. The van der Waals surface area contributed by atoms with Crippen molar-refractivity contribution in [1.82, 2.24) is 0 Å². The topological polar surface area (TPSA) is 37.9 Å². The molecule has 0 radical (unpaired) electrons. The molecule has 16 heavy (non-hydrogen) atoms. The van der Waals surface area contributed by atoms with Gasteiger partial charge in [-0.15, -0.1) is 0 Å². The molecule has 0 saturated heterocycles. The molecule has 2 aromatic rings. The van der Waals surface area contributed by atoms with Crippen LogP contribution in [0.4, 0.5) is 0 Å². The van der Waals surface area contributed by atoms with Crippen LogP contribution >= 0.6 is 15.9 Å². The molecule has 0 fully saturated rings. The Hall–Kier alpha value is -1.68. The van der Waals surface area contributed by atoms with Crippen LogP contribution < -0.4 is 0 Å². The predicted molar refractivity (Wildman–Crippen MR) is 68.0 cm³/mol. The van der Waals surface area contributed by atoms with Gasteiger partial charge in [-0.2, -0.15) is 10.2 Å². The van der Waals surface area contributed by atoms with Gasteiger partial charge in [0.2, 0.25) is 0 Å². The highest BCUT2D eigenvalue weighted by atomic mass is 79.9. The molecule has 1 heterocycles. The molecule has 0 aliphatic heterocycles. The zero-order chi connectivity index (χ0) is 11.2. The molecule has 0 N–H and O–H groups in total. The summed E-state index contributed by atoms with van der Waals surface area (Å²) in [6, 6.07) is 11.4. The van der Waals surface area contributed by atoms with Crippen LogP contribution in [-0.2, 0) is 0 Å². The molecule has 0 aliphatic rings. The maximum Gasteiger partial charge on any atom is 0.146 e. The van der Waals surface area contributed by atoms with Gasteiger partial charge in [0.15, 0.2) is 0 Å². The van der Waals surface area contributed by atoms with E-state index in [4.69, 9.17) is 4.42 Å². The van der Waals surface area contributed by atoms with Gasteiger partial charge in [-0.25, -0.2) is 0 Å². The van der Waals surface area contributed by atoms with E-state index in [9.17, 15) is 0 Å². The van der Waals surface area contributed by atoms with Crippen LogP contribution in [0.5, 0.6) is 0 Å². The monoisotopic (exact) mass is 276 g/mol. The molecule has 0 saturated carbocycles. The fourth-order valence-corrected chi connectivity index (χ4v) is 1.56. The van der Waals surface area contributed by atoms with Crippen molar-refractivity contribution in [3.63, 3.8) is 0 Å². The Morgan fingerprint density at radius 3 is 2.69 bits per heavy atom. The molecular formula is C12H9BrN2O. The maximum atomic E-state index is 5.07. The fraction of sp³-hybridized carbons (Fsp3) is 0. The van der Waals surface area contributed by atoms with Crippen LogP contribution in [0, 0.1) is 0 Å². The SMILES string of the molecule is Brc1cccc(C=NN=Cc2ccco2)c1. The zero-order valence-corrected chi connectivity index (χ0v) is 9.96. The first-order chi connectivity index (χ1) is 7.84. The van der Waals surface area contributed by atoms with Crippen molar-refractivity contribution in [2.24, 2.45) is 10.2 Å². The molecular weight excluding hydrogens is 268 g/mol. The van der Waals surface area contributed by atoms with E-state index in [1.54, 1.807) is 24.8 Å². The van der Waals surface area contributed by atoms with E-state index in [1.165, 1.54) is 0 Å². The quantitative estimate of drug-likeness (QED) is 0.625. The summed E-state index contributed by atoms with van der Waals surface area (Å²) in [4.78, 5) is 0. The summed E-state index contributed by atoms with van der Waals surface area (Å²) in [7, 11) is 0. The fourth-order valence-electron chi connectivity index (χ4n) is 1.14. The molecule has 3 nitrogen and oxygen atoms in total. The number of rotatable bonds is 3. The van der Waals surface area contributed by atoms with Gasteiger partial charge in [0.1, 0.15) is 5.76 Å². The largest absolute Gasteiger partial charge is 0.463 e. The Kier molecular flexibility index (Phi) is 3.66. The average Bonchev–Trinajstić information content (AvgIpc) is 2.77. The van der Waals surface area contributed by atoms with Crippen LogP contribution in [0.3, 0.4) is 0 Å². The Morgan fingerprint density at radius 1 is 1.06 bits per heavy atom. The van der Waals surface area contributed by atoms with E-state index >= 15 is 0 Å². The second kappa shape index (κ2) is 5.42.